The Bertz CT molecular complexity index is 628. The highest BCUT2D eigenvalue weighted by Crippen LogP contribution is 2.19. The molecule has 1 atom stereocenters. The molecule has 2 aromatic rings. The first kappa shape index (κ1) is 15.2. The Hall–Kier alpha value is -1.20. The average molecular weight is 401 g/mol. The third kappa shape index (κ3) is 3.67. The molecule has 0 aliphatic heterocycles. The van der Waals surface area contributed by atoms with Gasteiger partial charge in [-0.25, -0.2) is 4.39 Å². The summed E-state index contributed by atoms with van der Waals surface area (Å²) < 4.78 is 14.4. The third-order valence-electron chi connectivity index (χ3n) is 2.90. The summed E-state index contributed by atoms with van der Waals surface area (Å²) in [5.41, 5.74) is 1.42. The third-order valence-corrected chi connectivity index (χ3v) is 4.04. The maximum absolute atomic E-state index is 13.1. The van der Waals surface area contributed by atoms with E-state index in [1.165, 1.54) is 18.2 Å². The van der Waals surface area contributed by atoms with Gasteiger partial charge in [-0.3, -0.25) is 4.79 Å². The molecule has 2 nitrogen and oxygen atoms in total. The number of halogens is 3. The van der Waals surface area contributed by atoms with Crippen molar-refractivity contribution >= 4 is 37.8 Å². The quantitative estimate of drug-likeness (QED) is 0.784. The summed E-state index contributed by atoms with van der Waals surface area (Å²) in [4.78, 5) is 12.1. The number of hydrogen-bond donors (Lipinski definition) is 1. The minimum Gasteiger partial charge on any atom is -0.346 e. The van der Waals surface area contributed by atoms with Crippen molar-refractivity contribution in [2.45, 2.75) is 13.0 Å². The molecule has 20 heavy (non-hydrogen) atoms. The molecular weight excluding hydrogens is 389 g/mol. The van der Waals surface area contributed by atoms with Gasteiger partial charge in [0.15, 0.2) is 0 Å². The SMILES string of the molecule is C[C@@H](NC(=O)c1ccc(F)c(Br)c1)c1ccc(Br)cc1. The van der Waals surface area contributed by atoms with Gasteiger partial charge in [-0.15, -0.1) is 0 Å². The molecule has 0 bridgehead atoms. The fraction of sp³-hybridized carbons (Fsp3) is 0.133. The molecular formula is C15H12Br2FNO. The van der Waals surface area contributed by atoms with Crippen molar-refractivity contribution in [2.75, 3.05) is 0 Å². The zero-order valence-electron chi connectivity index (χ0n) is 10.7. The van der Waals surface area contributed by atoms with Crippen molar-refractivity contribution in [2.24, 2.45) is 0 Å². The van der Waals surface area contributed by atoms with Crippen LogP contribution in [0.15, 0.2) is 51.4 Å². The predicted molar refractivity (Wildman–Crippen MR) is 84.1 cm³/mol. The molecule has 0 radical (unpaired) electrons. The van der Waals surface area contributed by atoms with Crippen LogP contribution in [0.3, 0.4) is 0 Å². The Morgan fingerprint density at radius 1 is 1.15 bits per heavy atom. The van der Waals surface area contributed by atoms with E-state index in [0.717, 1.165) is 10.0 Å². The van der Waals surface area contributed by atoms with Crippen molar-refractivity contribution in [1.29, 1.82) is 0 Å². The Morgan fingerprint density at radius 2 is 1.80 bits per heavy atom. The Morgan fingerprint density at radius 3 is 2.40 bits per heavy atom. The first-order valence-corrected chi connectivity index (χ1v) is 7.57. The van der Waals surface area contributed by atoms with Crippen LogP contribution >= 0.6 is 31.9 Å². The number of benzene rings is 2. The summed E-state index contributed by atoms with van der Waals surface area (Å²) in [6.45, 7) is 1.90. The molecule has 0 aromatic heterocycles. The van der Waals surface area contributed by atoms with E-state index in [4.69, 9.17) is 0 Å². The Balaban J connectivity index is 2.10. The zero-order valence-corrected chi connectivity index (χ0v) is 13.8. The highest BCUT2D eigenvalue weighted by Gasteiger charge is 2.12. The molecule has 0 saturated carbocycles. The summed E-state index contributed by atoms with van der Waals surface area (Å²) in [6.07, 6.45) is 0. The molecule has 0 heterocycles. The van der Waals surface area contributed by atoms with Gasteiger partial charge in [0, 0.05) is 10.0 Å². The largest absolute Gasteiger partial charge is 0.346 e. The average Bonchev–Trinajstić information content (AvgIpc) is 2.42. The number of carbonyl (C=O) groups is 1. The number of carbonyl (C=O) groups excluding carboxylic acids is 1. The van der Waals surface area contributed by atoms with Gasteiger partial charge in [0.05, 0.1) is 10.5 Å². The van der Waals surface area contributed by atoms with Crippen molar-refractivity contribution in [3.63, 3.8) is 0 Å². The van der Waals surface area contributed by atoms with Crippen LogP contribution in [0.2, 0.25) is 0 Å². The molecule has 1 amide bonds. The Labute approximate surface area is 133 Å². The Kier molecular flexibility index (Phi) is 4.94. The lowest BCUT2D eigenvalue weighted by atomic mass is 10.1. The van der Waals surface area contributed by atoms with Crippen LogP contribution in [0.5, 0.6) is 0 Å². The first-order valence-electron chi connectivity index (χ1n) is 5.99. The van der Waals surface area contributed by atoms with Crippen LogP contribution in [0.4, 0.5) is 4.39 Å². The number of rotatable bonds is 3. The van der Waals surface area contributed by atoms with Gasteiger partial charge < -0.3 is 5.32 Å². The van der Waals surface area contributed by atoms with Gasteiger partial charge in [0.25, 0.3) is 5.91 Å². The van der Waals surface area contributed by atoms with Crippen LogP contribution in [-0.2, 0) is 0 Å². The lowest BCUT2D eigenvalue weighted by molar-refractivity contribution is 0.0940. The van der Waals surface area contributed by atoms with Crippen molar-refractivity contribution in [3.8, 4) is 0 Å². The molecule has 0 saturated heterocycles. The predicted octanol–water partition coefficient (Wildman–Crippen LogP) is 4.84. The molecule has 1 N–H and O–H groups in total. The minimum absolute atomic E-state index is 0.126. The van der Waals surface area contributed by atoms with E-state index in [9.17, 15) is 9.18 Å². The van der Waals surface area contributed by atoms with E-state index >= 15 is 0 Å². The van der Waals surface area contributed by atoms with Gasteiger partial charge in [0.2, 0.25) is 0 Å². The fourth-order valence-corrected chi connectivity index (χ4v) is 2.40. The summed E-state index contributed by atoms with van der Waals surface area (Å²) in [6, 6.07) is 11.8. The van der Waals surface area contributed by atoms with E-state index in [-0.39, 0.29) is 22.2 Å². The van der Waals surface area contributed by atoms with E-state index in [2.05, 4.69) is 37.2 Å². The second-order valence-corrected chi connectivity index (χ2v) is 6.15. The number of amides is 1. The highest BCUT2D eigenvalue weighted by atomic mass is 79.9. The standard InChI is InChI=1S/C15H12Br2FNO/c1-9(10-2-5-12(16)6-3-10)19-15(20)11-4-7-14(18)13(17)8-11/h2-9H,1H3,(H,19,20)/t9-/m1/s1. The van der Waals surface area contributed by atoms with Gasteiger partial charge in [-0.1, -0.05) is 28.1 Å². The molecule has 0 spiro atoms. The molecule has 0 unspecified atom stereocenters. The van der Waals surface area contributed by atoms with E-state index in [1.54, 1.807) is 0 Å². The summed E-state index contributed by atoms with van der Waals surface area (Å²) >= 11 is 6.44. The molecule has 0 aliphatic rings. The van der Waals surface area contributed by atoms with Crippen LogP contribution in [-0.4, -0.2) is 5.91 Å². The number of hydrogen-bond acceptors (Lipinski definition) is 1. The second kappa shape index (κ2) is 6.50. The molecule has 0 aliphatic carbocycles. The molecule has 2 aromatic carbocycles. The molecule has 0 fully saturated rings. The van der Waals surface area contributed by atoms with Gasteiger partial charge in [-0.2, -0.15) is 0 Å². The van der Waals surface area contributed by atoms with Gasteiger partial charge >= 0.3 is 0 Å². The van der Waals surface area contributed by atoms with E-state index < -0.39 is 0 Å². The summed E-state index contributed by atoms with van der Waals surface area (Å²) in [5.74, 6) is -0.622. The first-order chi connectivity index (χ1) is 9.47. The van der Waals surface area contributed by atoms with Crippen LogP contribution in [0, 0.1) is 5.82 Å². The minimum atomic E-state index is -0.387. The van der Waals surface area contributed by atoms with Crippen LogP contribution in [0.25, 0.3) is 0 Å². The van der Waals surface area contributed by atoms with Gasteiger partial charge in [0.1, 0.15) is 5.82 Å². The van der Waals surface area contributed by atoms with Crippen LogP contribution in [0.1, 0.15) is 28.9 Å². The monoisotopic (exact) mass is 399 g/mol. The summed E-state index contributed by atoms with van der Waals surface area (Å²) in [7, 11) is 0. The maximum atomic E-state index is 13.1. The highest BCUT2D eigenvalue weighted by molar-refractivity contribution is 9.10. The lowest BCUT2D eigenvalue weighted by Gasteiger charge is -2.14. The summed E-state index contributed by atoms with van der Waals surface area (Å²) in [5, 5.41) is 2.88. The topological polar surface area (TPSA) is 29.1 Å². The van der Waals surface area contributed by atoms with Crippen molar-refractivity contribution < 1.29 is 9.18 Å². The molecule has 104 valence electrons. The van der Waals surface area contributed by atoms with Gasteiger partial charge in [-0.05, 0) is 58.7 Å². The fourth-order valence-electron chi connectivity index (χ4n) is 1.75. The van der Waals surface area contributed by atoms with Crippen LogP contribution < -0.4 is 5.32 Å². The molecule has 5 heteroatoms. The van der Waals surface area contributed by atoms with Crippen molar-refractivity contribution in [1.82, 2.24) is 5.32 Å². The molecule has 2 rings (SSSR count). The van der Waals surface area contributed by atoms with Crippen molar-refractivity contribution in [3.05, 3.63) is 68.4 Å². The zero-order chi connectivity index (χ0) is 14.7. The van der Waals surface area contributed by atoms with E-state index in [0.29, 0.717) is 5.56 Å². The lowest BCUT2D eigenvalue weighted by Crippen LogP contribution is -2.26. The smallest absolute Gasteiger partial charge is 0.251 e. The van der Waals surface area contributed by atoms with E-state index in [1.807, 2.05) is 31.2 Å². The normalized spacial score (nSPS) is 12.0. The maximum Gasteiger partial charge on any atom is 0.251 e. The second-order valence-electron chi connectivity index (χ2n) is 4.38. The number of nitrogens with one attached hydrogen (secondary N) is 1.